The van der Waals surface area contributed by atoms with Crippen molar-refractivity contribution in [1.82, 2.24) is 10.2 Å². The fourth-order valence-corrected chi connectivity index (χ4v) is 2.33. The molecule has 0 spiro atoms. The second-order valence-corrected chi connectivity index (χ2v) is 5.06. The molecule has 0 radical (unpaired) electrons. The Bertz CT molecular complexity index is 350. The maximum Gasteiger partial charge on any atom is 0.0599 e. The first kappa shape index (κ1) is 12.6. The molecule has 2 rings (SSSR count). The van der Waals surface area contributed by atoms with E-state index in [0.29, 0.717) is 6.04 Å². The second-order valence-electron chi connectivity index (χ2n) is 5.06. The lowest BCUT2D eigenvalue weighted by molar-refractivity contribution is 0.0781. The van der Waals surface area contributed by atoms with Gasteiger partial charge in [0.1, 0.15) is 0 Å². The molecule has 0 aromatic heterocycles. The average Bonchev–Trinajstić information content (AvgIpc) is 2.32. The Morgan fingerprint density at radius 1 is 1.35 bits per heavy atom. The van der Waals surface area contributed by atoms with Crippen molar-refractivity contribution in [2.24, 2.45) is 0 Å². The van der Waals surface area contributed by atoms with Crippen LogP contribution in [0.3, 0.4) is 0 Å². The van der Waals surface area contributed by atoms with Gasteiger partial charge >= 0.3 is 0 Å². The van der Waals surface area contributed by atoms with Gasteiger partial charge in [0.05, 0.1) is 6.61 Å². The van der Waals surface area contributed by atoms with Crippen LogP contribution < -0.4 is 5.32 Å². The minimum Gasteiger partial charge on any atom is -0.395 e. The lowest BCUT2D eigenvalue weighted by Crippen LogP contribution is -2.56. The fraction of sp³-hybridized carbons (Fsp3) is 0.571. The van der Waals surface area contributed by atoms with Crippen LogP contribution in [0.25, 0.3) is 0 Å². The van der Waals surface area contributed by atoms with Gasteiger partial charge in [0.15, 0.2) is 0 Å². The third kappa shape index (κ3) is 3.28. The van der Waals surface area contributed by atoms with Crippen LogP contribution in [0.2, 0.25) is 0 Å². The number of hydrogen-bond donors (Lipinski definition) is 2. The number of aryl methyl sites for hydroxylation is 1. The predicted octanol–water partition coefficient (Wildman–Crippen LogP) is 1.15. The van der Waals surface area contributed by atoms with Crippen LogP contribution >= 0.6 is 0 Å². The molecular weight excluding hydrogens is 212 g/mol. The van der Waals surface area contributed by atoms with Crippen LogP contribution in [0.1, 0.15) is 18.1 Å². The van der Waals surface area contributed by atoms with Crippen molar-refractivity contribution < 1.29 is 5.11 Å². The molecule has 2 unspecified atom stereocenters. The molecule has 1 fully saturated rings. The molecule has 1 saturated heterocycles. The molecular formula is C14H22N2O. The SMILES string of the molecule is Cc1ccc(CN2CC(C)NCC2CO)cc1. The quantitative estimate of drug-likeness (QED) is 0.823. The van der Waals surface area contributed by atoms with Gasteiger partial charge in [0, 0.05) is 31.7 Å². The number of piperazine rings is 1. The van der Waals surface area contributed by atoms with Gasteiger partial charge < -0.3 is 10.4 Å². The number of hydrogen-bond acceptors (Lipinski definition) is 3. The lowest BCUT2D eigenvalue weighted by Gasteiger charge is -2.38. The highest BCUT2D eigenvalue weighted by Gasteiger charge is 2.24. The summed E-state index contributed by atoms with van der Waals surface area (Å²) in [6.07, 6.45) is 0. The Labute approximate surface area is 103 Å². The van der Waals surface area contributed by atoms with E-state index in [2.05, 4.69) is 48.3 Å². The smallest absolute Gasteiger partial charge is 0.0599 e. The summed E-state index contributed by atoms with van der Waals surface area (Å²) < 4.78 is 0. The van der Waals surface area contributed by atoms with E-state index in [1.807, 2.05) is 0 Å². The molecule has 17 heavy (non-hydrogen) atoms. The van der Waals surface area contributed by atoms with Crippen molar-refractivity contribution in [3.05, 3.63) is 35.4 Å². The van der Waals surface area contributed by atoms with Crippen molar-refractivity contribution in [1.29, 1.82) is 0 Å². The summed E-state index contributed by atoms with van der Waals surface area (Å²) in [6, 6.07) is 9.40. The standard InChI is InChI=1S/C14H22N2O/c1-11-3-5-13(6-4-11)9-16-8-12(2)15-7-14(16)10-17/h3-6,12,14-15,17H,7-10H2,1-2H3. The zero-order chi connectivity index (χ0) is 12.3. The summed E-state index contributed by atoms with van der Waals surface area (Å²) in [6.45, 7) is 7.33. The van der Waals surface area contributed by atoms with Crippen LogP contribution in [0.5, 0.6) is 0 Å². The Balaban J connectivity index is 2.02. The molecule has 1 heterocycles. The van der Waals surface area contributed by atoms with Gasteiger partial charge in [-0.2, -0.15) is 0 Å². The first-order valence-corrected chi connectivity index (χ1v) is 6.33. The number of rotatable bonds is 3. The highest BCUT2D eigenvalue weighted by molar-refractivity contribution is 5.21. The summed E-state index contributed by atoms with van der Waals surface area (Å²) in [5, 5.41) is 12.8. The molecule has 2 N–H and O–H groups in total. The Hall–Kier alpha value is -0.900. The number of aliphatic hydroxyl groups excluding tert-OH is 1. The maximum absolute atomic E-state index is 9.39. The van der Waals surface area contributed by atoms with Crippen LogP contribution in [0.15, 0.2) is 24.3 Å². The van der Waals surface area contributed by atoms with E-state index in [1.54, 1.807) is 0 Å². The summed E-state index contributed by atoms with van der Waals surface area (Å²) >= 11 is 0. The lowest BCUT2D eigenvalue weighted by atomic mass is 10.1. The molecule has 1 aromatic carbocycles. The molecule has 1 aliphatic rings. The minimum atomic E-state index is 0.228. The van der Waals surface area contributed by atoms with Crippen molar-refractivity contribution in [2.45, 2.75) is 32.5 Å². The van der Waals surface area contributed by atoms with Crippen LogP contribution in [-0.4, -0.2) is 41.8 Å². The first-order valence-electron chi connectivity index (χ1n) is 6.33. The maximum atomic E-state index is 9.39. The van der Waals surface area contributed by atoms with Crippen LogP contribution in [0, 0.1) is 6.92 Å². The van der Waals surface area contributed by atoms with E-state index in [0.717, 1.165) is 19.6 Å². The first-order chi connectivity index (χ1) is 8.19. The van der Waals surface area contributed by atoms with Crippen molar-refractivity contribution >= 4 is 0 Å². The molecule has 0 bridgehead atoms. The molecule has 3 nitrogen and oxygen atoms in total. The van der Waals surface area contributed by atoms with Gasteiger partial charge in [-0.25, -0.2) is 0 Å². The molecule has 0 saturated carbocycles. The molecule has 0 amide bonds. The topological polar surface area (TPSA) is 35.5 Å². The van der Waals surface area contributed by atoms with E-state index in [1.165, 1.54) is 11.1 Å². The Morgan fingerprint density at radius 3 is 2.71 bits per heavy atom. The molecule has 2 atom stereocenters. The largest absolute Gasteiger partial charge is 0.395 e. The molecule has 0 aliphatic carbocycles. The van der Waals surface area contributed by atoms with E-state index < -0.39 is 0 Å². The summed E-state index contributed by atoms with van der Waals surface area (Å²) in [5.41, 5.74) is 2.62. The Morgan fingerprint density at radius 2 is 2.06 bits per heavy atom. The monoisotopic (exact) mass is 234 g/mol. The highest BCUT2D eigenvalue weighted by Crippen LogP contribution is 2.13. The predicted molar refractivity (Wildman–Crippen MR) is 69.9 cm³/mol. The highest BCUT2D eigenvalue weighted by atomic mass is 16.3. The summed E-state index contributed by atoms with van der Waals surface area (Å²) in [5.74, 6) is 0. The third-order valence-corrected chi connectivity index (χ3v) is 3.44. The minimum absolute atomic E-state index is 0.228. The number of nitrogens with one attached hydrogen (secondary N) is 1. The summed E-state index contributed by atoms with van der Waals surface area (Å²) in [7, 11) is 0. The Kier molecular flexibility index (Phi) is 4.15. The van der Waals surface area contributed by atoms with Crippen LogP contribution in [0.4, 0.5) is 0 Å². The van der Waals surface area contributed by atoms with E-state index in [4.69, 9.17) is 0 Å². The number of aliphatic hydroxyl groups is 1. The van der Waals surface area contributed by atoms with E-state index >= 15 is 0 Å². The molecule has 3 heteroatoms. The summed E-state index contributed by atoms with van der Waals surface area (Å²) in [4.78, 5) is 2.37. The average molecular weight is 234 g/mol. The van der Waals surface area contributed by atoms with Gasteiger partial charge in [-0.05, 0) is 19.4 Å². The fourth-order valence-electron chi connectivity index (χ4n) is 2.33. The molecule has 94 valence electrons. The molecule has 1 aromatic rings. The third-order valence-electron chi connectivity index (χ3n) is 3.44. The second kappa shape index (κ2) is 5.63. The van der Waals surface area contributed by atoms with Gasteiger partial charge in [-0.3, -0.25) is 4.90 Å². The molecule has 1 aliphatic heterocycles. The van der Waals surface area contributed by atoms with Crippen molar-refractivity contribution in [2.75, 3.05) is 19.7 Å². The van der Waals surface area contributed by atoms with Crippen LogP contribution in [-0.2, 0) is 6.54 Å². The zero-order valence-electron chi connectivity index (χ0n) is 10.7. The van der Waals surface area contributed by atoms with Crippen molar-refractivity contribution in [3.8, 4) is 0 Å². The normalized spacial score (nSPS) is 26.1. The van der Waals surface area contributed by atoms with Gasteiger partial charge in [0.2, 0.25) is 0 Å². The van der Waals surface area contributed by atoms with Gasteiger partial charge in [-0.1, -0.05) is 29.8 Å². The number of benzene rings is 1. The van der Waals surface area contributed by atoms with E-state index in [-0.39, 0.29) is 12.6 Å². The van der Waals surface area contributed by atoms with Gasteiger partial charge in [-0.15, -0.1) is 0 Å². The van der Waals surface area contributed by atoms with E-state index in [9.17, 15) is 5.11 Å². The number of nitrogens with zero attached hydrogens (tertiary/aromatic N) is 1. The van der Waals surface area contributed by atoms with Crippen molar-refractivity contribution in [3.63, 3.8) is 0 Å². The van der Waals surface area contributed by atoms with Gasteiger partial charge in [0.25, 0.3) is 0 Å². The zero-order valence-corrected chi connectivity index (χ0v) is 10.7.